The maximum absolute atomic E-state index is 13.8. The van der Waals surface area contributed by atoms with Crippen molar-refractivity contribution in [1.29, 1.82) is 0 Å². The van der Waals surface area contributed by atoms with Crippen molar-refractivity contribution in [1.82, 2.24) is 14.5 Å². The summed E-state index contributed by atoms with van der Waals surface area (Å²) in [4.78, 5) is 19.5. The first-order valence-corrected chi connectivity index (χ1v) is 6.79. The third-order valence-electron chi connectivity index (χ3n) is 3.29. The van der Waals surface area contributed by atoms with Crippen molar-refractivity contribution in [3.63, 3.8) is 0 Å². The van der Waals surface area contributed by atoms with Gasteiger partial charge in [-0.15, -0.1) is 0 Å². The van der Waals surface area contributed by atoms with Gasteiger partial charge in [-0.05, 0) is 29.8 Å². The summed E-state index contributed by atoms with van der Waals surface area (Å²) in [5, 5.41) is 3.32. The monoisotopic (exact) mass is 337 g/mol. The van der Waals surface area contributed by atoms with Crippen LogP contribution in [-0.2, 0) is 7.05 Å². The second-order valence-electron chi connectivity index (χ2n) is 4.78. The highest BCUT2D eigenvalue weighted by Gasteiger charge is 2.20. The Balaban J connectivity index is 2.17. The van der Waals surface area contributed by atoms with E-state index >= 15 is 0 Å². The zero-order valence-corrected chi connectivity index (χ0v) is 12.5. The molecular weight excluding hydrogens is 328 g/mol. The summed E-state index contributed by atoms with van der Waals surface area (Å²) in [6.45, 7) is 0. The SMILES string of the molecule is Cn1ccc2c(Nc3ccc(F)c(F)c3C(N)=O)nc(Cl)nc21. The molecule has 3 rings (SSSR count). The zero-order chi connectivity index (χ0) is 16.7. The van der Waals surface area contributed by atoms with Crippen LogP contribution in [0.15, 0.2) is 24.4 Å². The van der Waals surface area contributed by atoms with E-state index in [1.807, 2.05) is 0 Å². The molecular formula is C14H10ClF2N5O. The van der Waals surface area contributed by atoms with Gasteiger partial charge in [0.05, 0.1) is 11.1 Å². The number of fused-ring (bicyclic) bond motifs is 1. The van der Waals surface area contributed by atoms with Crippen LogP contribution in [0.2, 0.25) is 5.28 Å². The molecule has 0 bridgehead atoms. The maximum Gasteiger partial charge on any atom is 0.253 e. The fourth-order valence-electron chi connectivity index (χ4n) is 2.23. The van der Waals surface area contributed by atoms with Gasteiger partial charge < -0.3 is 15.6 Å². The fraction of sp³-hybridized carbons (Fsp3) is 0.0714. The van der Waals surface area contributed by atoms with E-state index in [0.29, 0.717) is 11.0 Å². The van der Waals surface area contributed by atoms with Crippen molar-refractivity contribution in [2.24, 2.45) is 12.8 Å². The largest absolute Gasteiger partial charge is 0.365 e. The van der Waals surface area contributed by atoms with Gasteiger partial charge in [-0.3, -0.25) is 4.79 Å². The lowest BCUT2D eigenvalue weighted by molar-refractivity contribution is 0.0996. The predicted molar refractivity (Wildman–Crippen MR) is 81.7 cm³/mol. The highest BCUT2D eigenvalue weighted by atomic mass is 35.5. The molecule has 0 fully saturated rings. The topological polar surface area (TPSA) is 85.8 Å². The number of aromatic nitrogens is 3. The summed E-state index contributed by atoms with van der Waals surface area (Å²) in [5.41, 5.74) is 5.06. The Bertz CT molecular complexity index is 941. The number of hydrogen-bond acceptors (Lipinski definition) is 4. The highest BCUT2D eigenvalue weighted by molar-refractivity contribution is 6.28. The number of nitrogens with one attached hydrogen (secondary N) is 1. The van der Waals surface area contributed by atoms with Gasteiger partial charge in [-0.1, -0.05) is 0 Å². The summed E-state index contributed by atoms with van der Waals surface area (Å²) in [6, 6.07) is 3.80. The van der Waals surface area contributed by atoms with E-state index in [1.165, 1.54) is 6.07 Å². The molecule has 118 valence electrons. The number of amides is 1. The van der Waals surface area contributed by atoms with Gasteiger partial charge >= 0.3 is 0 Å². The van der Waals surface area contributed by atoms with Gasteiger partial charge in [0.2, 0.25) is 5.28 Å². The zero-order valence-electron chi connectivity index (χ0n) is 11.8. The van der Waals surface area contributed by atoms with Crippen LogP contribution in [0, 0.1) is 11.6 Å². The molecule has 0 aliphatic heterocycles. The number of nitrogens with two attached hydrogens (primary N) is 1. The number of anilines is 2. The van der Waals surface area contributed by atoms with Crippen molar-refractivity contribution in [3.8, 4) is 0 Å². The van der Waals surface area contributed by atoms with Gasteiger partial charge in [0, 0.05) is 13.2 Å². The Morgan fingerprint density at radius 2 is 2.04 bits per heavy atom. The van der Waals surface area contributed by atoms with Crippen LogP contribution < -0.4 is 11.1 Å². The van der Waals surface area contributed by atoms with Crippen LogP contribution in [0.1, 0.15) is 10.4 Å². The third kappa shape index (κ3) is 2.57. The summed E-state index contributed by atoms with van der Waals surface area (Å²) in [7, 11) is 1.77. The molecule has 0 saturated heterocycles. The van der Waals surface area contributed by atoms with Gasteiger partial charge in [-0.25, -0.2) is 8.78 Å². The van der Waals surface area contributed by atoms with E-state index in [4.69, 9.17) is 17.3 Å². The Hall–Kier alpha value is -2.74. The minimum Gasteiger partial charge on any atom is -0.365 e. The molecule has 0 saturated carbocycles. The number of nitrogens with zero attached hydrogens (tertiary/aromatic N) is 3. The van der Waals surface area contributed by atoms with Gasteiger partial charge in [0.1, 0.15) is 17.0 Å². The molecule has 0 spiro atoms. The number of benzene rings is 1. The number of primary amides is 1. The first-order chi connectivity index (χ1) is 10.9. The lowest BCUT2D eigenvalue weighted by Gasteiger charge is -2.11. The summed E-state index contributed by atoms with van der Waals surface area (Å²) in [5.74, 6) is -3.36. The molecule has 0 aliphatic rings. The van der Waals surface area contributed by atoms with Crippen molar-refractivity contribution in [2.45, 2.75) is 0 Å². The Morgan fingerprint density at radius 1 is 1.30 bits per heavy atom. The first-order valence-electron chi connectivity index (χ1n) is 6.42. The third-order valence-corrected chi connectivity index (χ3v) is 3.46. The molecule has 3 N–H and O–H groups in total. The van der Waals surface area contributed by atoms with Crippen LogP contribution in [-0.4, -0.2) is 20.4 Å². The van der Waals surface area contributed by atoms with Crippen LogP contribution in [0.25, 0.3) is 11.0 Å². The smallest absolute Gasteiger partial charge is 0.253 e. The van der Waals surface area contributed by atoms with E-state index in [9.17, 15) is 13.6 Å². The van der Waals surface area contributed by atoms with E-state index in [0.717, 1.165) is 6.07 Å². The van der Waals surface area contributed by atoms with Gasteiger partial charge in [0.25, 0.3) is 5.91 Å². The van der Waals surface area contributed by atoms with Crippen LogP contribution in [0.4, 0.5) is 20.3 Å². The van der Waals surface area contributed by atoms with Gasteiger partial charge in [0.15, 0.2) is 11.6 Å². The maximum atomic E-state index is 13.8. The summed E-state index contributed by atoms with van der Waals surface area (Å²) >= 11 is 5.88. The van der Waals surface area contributed by atoms with Crippen molar-refractivity contribution in [2.75, 3.05) is 5.32 Å². The van der Waals surface area contributed by atoms with Crippen molar-refractivity contribution < 1.29 is 13.6 Å². The molecule has 6 nitrogen and oxygen atoms in total. The Labute approximate surface area is 133 Å². The van der Waals surface area contributed by atoms with Gasteiger partial charge in [-0.2, -0.15) is 9.97 Å². The van der Waals surface area contributed by atoms with E-state index in [-0.39, 0.29) is 16.8 Å². The van der Waals surface area contributed by atoms with E-state index < -0.39 is 23.1 Å². The summed E-state index contributed by atoms with van der Waals surface area (Å²) in [6.07, 6.45) is 1.74. The van der Waals surface area contributed by atoms with Crippen molar-refractivity contribution >= 4 is 40.0 Å². The molecule has 0 unspecified atom stereocenters. The molecule has 23 heavy (non-hydrogen) atoms. The number of rotatable bonds is 3. The first kappa shape index (κ1) is 15.2. The number of aryl methyl sites for hydroxylation is 1. The molecule has 0 atom stereocenters. The summed E-state index contributed by atoms with van der Waals surface area (Å²) < 4.78 is 28.9. The molecule has 0 radical (unpaired) electrons. The predicted octanol–water partition coefficient (Wildman–Crippen LogP) is 2.74. The quantitative estimate of drug-likeness (QED) is 0.720. The van der Waals surface area contributed by atoms with Crippen LogP contribution >= 0.6 is 11.6 Å². The van der Waals surface area contributed by atoms with E-state index in [1.54, 1.807) is 23.9 Å². The molecule has 1 aromatic carbocycles. The number of halogens is 3. The second-order valence-corrected chi connectivity index (χ2v) is 5.12. The standard InChI is InChI=1S/C14H10ClF2N5O/c1-22-5-4-6-12(20-14(15)21-13(6)22)19-8-3-2-7(16)10(17)9(8)11(18)23/h2-5H,1H3,(H2,18,23)(H,19,20,21). The average molecular weight is 338 g/mol. The molecule has 2 heterocycles. The lowest BCUT2D eigenvalue weighted by atomic mass is 10.1. The van der Waals surface area contributed by atoms with Crippen LogP contribution in [0.3, 0.4) is 0 Å². The normalized spacial score (nSPS) is 11.0. The van der Waals surface area contributed by atoms with Crippen LogP contribution in [0.5, 0.6) is 0 Å². The molecule has 2 aromatic heterocycles. The number of carbonyl (C=O) groups is 1. The molecule has 9 heteroatoms. The molecule has 1 amide bonds. The lowest BCUT2D eigenvalue weighted by Crippen LogP contribution is -2.16. The number of carbonyl (C=O) groups excluding carboxylic acids is 1. The molecule has 3 aromatic rings. The van der Waals surface area contributed by atoms with Crippen molar-refractivity contribution in [3.05, 3.63) is 46.9 Å². The Morgan fingerprint density at radius 3 is 2.74 bits per heavy atom. The minimum atomic E-state index is -1.33. The minimum absolute atomic E-state index is 0.0173. The fourth-order valence-corrected chi connectivity index (χ4v) is 2.39. The molecule has 0 aliphatic carbocycles. The second kappa shape index (κ2) is 5.47. The van der Waals surface area contributed by atoms with E-state index in [2.05, 4.69) is 15.3 Å². The number of hydrogen-bond donors (Lipinski definition) is 2. The Kier molecular flexibility index (Phi) is 3.61. The highest BCUT2D eigenvalue weighted by Crippen LogP contribution is 2.29. The average Bonchev–Trinajstić information content (AvgIpc) is 2.84.